The largest absolute Gasteiger partial charge is 0.444 e. The summed E-state index contributed by atoms with van der Waals surface area (Å²) in [4.78, 5) is 17.4. The van der Waals surface area contributed by atoms with Crippen molar-refractivity contribution < 1.29 is 9.53 Å². The van der Waals surface area contributed by atoms with Gasteiger partial charge in [-0.05, 0) is 46.4 Å². The van der Waals surface area contributed by atoms with Crippen molar-refractivity contribution in [2.45, 2.75) is 39.2 Å². The van der Waals surface area contributed by atoms with Gasteiger partial charge >= 0.3 is 6.09 Å². The molecule has 1 saturated heterocycles. The lowest BCUT2D eigenvalue weighted by Crippen LogP contribution is -2.41. The minimum Gasteiger partial charge on any atom is -0.444 e. The summed E-state index contributed by atoms with van der Waals surface area (Å²) in [7, 11) is 0. The van der Waals surface area contributed by atoms with E-state index >= 15 is 0 Å². The summed E-state index contributed by atoms with van der Waals surface area (Å²) in [5.74, 6) is 6.67. The Morgan fingerprint density at radius 1 is 1.41 bits per heavy atom. The van der Waals surface area contributed by atoms with Gasteiger partial charge in [0.1, 0.15) is 11.4 Å². The van der Waals surface area contributed by atoms with Crippen LogP contribution in [0.5, 0.6) is 0 Å². The van der Waals surface area contributed by atoms with Gasteiger partial charge in [0.15, 0.2) is 0 Å². The predicted molar refractivity (Wildman–Crippen MR) is 89.3 cm³/mol. The van der Waals surface area contributed by atoms with E-state index < -0.39 is 5.60 Å². The first kappa shape index (κ1) is 17.8. The molecule has 1 aliphatic rings. The van der Waals surface area contributed by atoms with Crippen molar-refractivity contribution in [1.82, 2.24) is 4.90 Å². The summed E-state index contributed by atoms with van der Waals surface area (Å²) in [6.07, 6.45) is 2.95. The number of carbonyl (C=O) groups is 1. The average molecular weight is 303 g/mol. The molecule has 5 nitrogen and oxygen atoms in total. The number of hydrogen-bond acceptors (Lipinski definition) is 4. The van der Waals surface area contributed by atoms with E-state index in [0.717, 1.165) is 12.8 Å². The maximum absolute atomic E-state index is 12.0. The standard InChI is InChI=1S/C17H25N3O2/c1-6-14(15(18)19-5)8-7-13-9-11-20(12-10-13)16(21)22-17(2,3)4/h6,13H,1,5,9-12,18H2,2-4H3/b15-14+. The van der Waals surface area contributed by atoms with E-state index in [1.165, 1.54) is 0 Å². The molecule has 0 unspecified atom stereocenters. The van der Waals surface area contributed by atoms with Crippen LogP contribution < -0.4 is 5.73 Å². The zero-order chi connectivity index (χ0) is 16.8. The first-order chi connectivity index (χ1) is 10.3. The lowest BCUT2D eigenvalue weighted by atomic mass is 9.97. The summed E-state index contributed by atoms with van der Waals surface area (Å²) >= 11 is 0. The van der Waals surface area contributed by atoms with E-state index in [-0.39, 0.29) is 17.8 Å². The van der Waals surface area contributed by atoms with Gasteiger partial charge in [-0.15, -0.1) is 0 Å². The minimum absolute atomic E-state index is 0.228. The topological polar surface area (TPSA) is 67.9 Å². The van der Waals surface area contributed by atoms with E-state index in [4.69, 9.17) is 10.5 Å². The van der Waals surface area contributed by atoms with Crippen molar-refractivity contribution >= 4 is 12.8 Å². The fraction of sp³-hybridized carbons (Fsp3) is 0.529. The zero-order valence-electron chi connectivity index (χ0n) is 13.7. The number of aliphatic imine (C=N–C) groups is 1. The molecule has 0 spiro atoms. The summed E-state index contributed by atoms with van der Waals surface area (Å²) < 4.78 is 5.37. The van der Waals surface area contributed by atoms with Gasteiger partial charge in [0.2, 0.25) is 0 Å². The molecule has 2 N–H and O–H groups in total. The van der Waals surface area contributed by atoms with Crippen LogP contribution in [0.2, 0.25) is 0 Å². The number of rotatable bonds is 2. The lowest BCUT2D eigenvalue weighted by molar-refractivity contribution is 0.0199. The van der Waals surface area contributed by atoms with Crippen LogP contribution in [0.4, 0.5) is 4.79 Å². The summed E-state index contributed by atoms with van der Waals surface area (Å²) in [5.41, 5.74) is 5.79. The molecule has 0 atom stereocenters. The van der Waals surface area contributed by atoms with Crippen LogP contribution in [0.1, 0.15) is 33.6 Å². The first-order valence-corrected chi connectivity index (χ1v) is 7.35. The van der Waals surface area contributed by atoms with Crippen molar-refractivity contribution in [2.24, 2.45) is 16.6 Å². The maximum atomic E-state index is 12.0. The SMILES string of the molecule is C=C/C(C#CC1CCN(C(=O)OC(C)(C)C)CC1)=C(/N)N=C. The molecule has 0 aliphatic carbocycles. The highest BCUT2D eigenvalue weighted by Gasteiger charge is 2.26. The zero-order valence-corrected chi connectivity index (χ0v) is 13.7. The number of allylic oxidation sites excluding steroid dienone is 2. The average Bonchev–Trinajstić information content (AvgIpc) is 2.46. The third-order valence-corrected chi connectivity index (χ3v) is 3.21. The fourth-order valence-electron chi connectivity index (χ4n) is 2.02. The fourth-order valence-corrected chi connectivity index (χ4v) is 2.02. The van der Waals surface area contributed by atoms with Crippen LogP contribution in [0, 0.1) is 17.8 Å². The number of ether oxygens (including phenoxy) is 1. The number of hydrogen-bond donors (Lipinski definition) is 1. The van der Waals surface area contributed by atoms with Crippen LogP contribution in [0.15, 0.2) is 29.0 Å². The van der Waals surface area contributed by atoms with Gasteiger partial charge in [-0.2, -0.15) is 0 Å². The number of amides is 1. The molecule has 0 aromatic carbocycles. The molecule has 0 aromatic heterocycles. The van der Waals surface area contributed by atoms with Gasteiger partial charge in [-0.1, -0.05) is 18.4 Å². The van der Waals surface area contributed by atoms with Gasteiger partial charge in [-0.25, -0.2) is 9.79 Å². The van der Waals surface area contributed by atoms with Gasteiger partial charge in [0.25, 0.3) is 0 Å². The number of nitrogens with two attached hydrogens (primary N) is 1. The first-order valence-electron chi connectivity index (χ1n) is 7.35. The Labute approximate surface area is 132 Å². The van der Waals surface area contributed by atoms with E-state index in [1.807, 2.05) is 20.8 Å². The molecule has 1 amide bonds. The van der Waals surface area contributed by atoms with Crippen molar-refractivity contribution in [3.63, 3.8) is 0 Å². The van der Waals surface area contributed by atoms with Gasteiger partial charge in [-0.3, -0.25) is 0 Å². The Kier molecular flexibility index (Phi) is 6.24. The minimum atomic E-state index is -0.466. The van der Waals surface area contributed by atoms with Crippen LogP contribution in [-0.2, 0) is 4.74 Å². The van der Waals surface area contributed by atoms with Crippen LogP contribution >= 0.6 is 0 Å². The second-order valence-electron chi connectivity index (χ2n) is 6.17. The quantitative estimate of drug-likeness (QED) is 0.484. The Morgan fingerprint density at radius 2 is 2.00 bits per heavy atom. The molecule has 0 saturated carbocycles. The van der Waals surface area contributed by atoms with Crippen molar-refractivity contribution in [3.05, 3.63) is 24.0 Å². The monoisotopic (exact) mass is 303 g/mol. The molecule has 120 valence electrons. The summed E-state index contributed by atoms with van der Waals surface area (Å²) in [6.45, 7) is 13.9. The molecular weight excluding hydrogens is 278 g/mol. The molecule has 0 aromatic rings. The Bertz CT molecular complexity index is 524. The van der Waals surface area contributed by atoms with E-state index in [0.29, 0.717) is 18.7 Å². The van der Waals surface area contributed by atoms with Gasteiger partial charge in [0, 0.05) is 19.0 Å². The van der Waals surface area contributed by atoms with Crippen molar-refractivity contribution in [1.29, 1.82) is 0 Å². The highest BCUT2D eigenvalue weighted by Crippen LogP contribution is 2.19. The van der Waals surface area contributed by atoms with Crippen LogP contribution in [-0.4, -0.2) is 36.4 Å². The van der Waals surface area contributed by atoms with Crippen LogP contribution in [0.25, 0.3) is 0 Å². The van der Waals surface area contributed by atoms with E-state index in [9.17, 15) is 4.79 Å². The Balaban J connectivity index is 2.58. The predicted octanol–water partition coefficient (Wildman–Crippen LogP) is 2.69. The third kappa shape index (κ3) is 5.65. The number of nitrogens with zero attached hydrogens (tertiary/aromatic N) is 2. The van der Waals surface area contributed by atoms with Gasteiger partial charge in [0.05, 0.1) is 5.57 Å². The Morgan fingerprint density at radius 3 is 2.45 bits per heavy atom. The molecule has 1 fully saturated rings. The van der Waals surface area contributed by atoms with Crippen molar-refractivity contribution in [2.75, 3.05) is 13.1 Å². The molecule has 22 heavy (non-hydrogen) atoms. The van der Waals surface area contributed by atoms with Crippen LogP contribution in [0.3, 0.4) is 0 Å². The number of likely N-dealkylation sites (tertiary alicyclic amines) is 1. The number of piperidine rings is 1. The summed E-state index contributed by atoms with van der Waals surface area (Å²) in [5, 5.41) is 0. The third-order valence-electron chi connectivity index (χ3n) is 3.21. The van der Waals surface area contributed by atoms with Gasteiger partial charge < -0.3 is 15.4 Å². The Hall–Kier alpha value is -2.22. The molecule has 1 rings (SSSR count). The smallest absolute Gasteiger partial charge is 0.410 e. The second kappa shape index (κ2) is 7.69. The van der Waals surface area contributed by atoms with Crippen molar-refractivity contribution in [3.8, 4) is 11.8 Å². The molecule has 5 heteroatoms. The maximum Gasteiger partial charge on any atom is 0.410 e. The number of carbonyl (C=O) groups excluding carboxylic acids is 1. The molecule has 1 aliphatic heterocycles. The second-order valence-corrected chi connectivity index (χ2v) is 6.17. The summed E-state index contributed by atoms with van der Waals surface area (Å²) in [6, 6.07) is 0. The van der Waals surface area contributed by atoms with E-state index in [1.54, 1.807) is 11.0 Å². The molecule has 0 bridgehead atoms. The highest BCUT2D eigenvalue weighted by atomic mass is 16.6. The molecule has 1 heterocycles. The lowest BCUT2D eigenvalue weighted by Gasteiger charge is -2.31. The molecular formula is C17H25N3O2. The molecule has 0 radical (unpaired) electrons. The highest BCUT2D eigenvalue weighted by molar-refractivity contribution is 5.68. The van der Waals surface area contributed by atoms with E-state index in [2.05, 4.69) is 30.1 Å². The normalized spacial score (nSPS) is 17.0.